The number of carbonyl (C=O) groups is 2. The fourth-order valence-electron chi connectivity index (χ4n) is 2.30. The largest absolute Gasteiger partial charge is 0.481 e. The monoisotopic (exact) mass is 350 g/mol. The van der Waals surface area contributed by atoms with Crippen molar-refractivity contribution in [3.8, 4) is 0 Å². The molecule has 0 saturated carbocycles. The summed E-state index contributed by atoms with van der Waals surface area (Å²) in [5, 5.41) is 12.5. The molecule has 2 unspecified atom stereocenters. The number of likely N-dealkylation sites (tertiary alicyclic amines) is 1. The number of benzene rings is 1. The second-order valence-electron chi connectivity index (χ2n) is 5.00. The molecule has 0 bridgehead atoms. The molecule has 2 amide bonds. The summed E-state index contributed by atoms with van der Waals surface area (Å²) in [6.07, 6.45) is 0. The number of rotatable bonds is 2. The number of aliphatic carboxylic acids is 1. The fourth-order valence-corrected chi connectivity index (χ4v) is 3.21. The Bertz CT molecular complexity index is 571. The first-order valence-corrected chi connectivity index (χ1v) is 7.36. The van der Waals surface area contributed by atoms with Crippen molar-refractivity contribution >= 4 is 52.5 Å². The smallest absolute Gasteiger partial charge is 0.321 e. The van der Waals surface area contributed by atoms with Crippen LogP contribution in [0.15, 0.2) is 12.1 Å². The van der Waals surface area contributed by atoms with Crippen LogP contribution in [-0.4, -0.2) is 35.1 Å². The van der Waals surface area contributed by atoms with Gasteiger partial charge in [-0.05, 0) is 18.1 Å². The van der Waals surface area contributed by atoms with E-state index in [4.69, 9.17) is 39.9 Å². The third-order valence-corrected chi connectivity index (χ3v) is 4.27. The summed E-state index contributed by atoms with van der Waals surface area (Å²) < 4.78 is 0. The van der Waals surface area contributed by atoms with Crippen LogP contribution in [0.5, 0.6) is 0 Å². The van der Waals surface area contributed by atoms with E-state index in [0.717, 1.165) is 0 Å². The molecule has 0 radical (unpaired) electrons. The Kier molecular flexibility index (Phi) is 4.86. The van der Waals surface area contributed by atoms with Crippen LogP contribution in [0, 0.1) is 11.8 Å². The van der Waals surface area contributed by atoms with E-state index in [-0.39, 0.29) is 28.2 Å². The fraction of sp³-hybridized carbons (Fsp3) is 0.385. The zero-order valence-electron chi connectivity index (χ0n) is 11.1. The summed E-state index contributed by atoms with van der Waals surface area (Å²) in [6.45, 7) is 2.32. The number of nitrogens with zero attached hydrogens (tertiary/aromatic N) is 1. The van der Waals surface area contributed by atoms with Crippen LogP contribution in [0.2, 0.25) is 15.1 Å². The van der Waals surface area contributed by atoms with Crippen molar-refractivity contribution in [2.45, 2.75) is 6.92 Å². The van der Waals surface area contributed by atoms with Crippen molar-refractivity contribution in [1.29, 1.82) is 0 Å². The minimum Gasteiger partial charge on any atom is -0.481 e. The molecule has 0 aliphatic carbocycles. The summed E-state index contributed by atoms with van der Waals surface area (Å²) in [5.41, 5.74) is 0.263. The quantitative estimate of drug-likeness (QED) is 0.850. The minimum absolute atomic E-state index is 0.107. The number of carboxylic acid groups (broad SMARTS) is 1. The van der Waals surface area contributed by atoms with E-state index in [2.05, 4.69) is 5.32 Å². The molecule has 1 aliphatic rings. The Hall–Kier alpha value is -1.17. The number of hydrogen-bond donors (Lipinski definition) is 2. The molecule has 2 N–H and O–H groups in total. The number of urea groups is 1. The van der Waals surface area contributed by atoms with Gasteiger partial charge < -0.3 is 15.3 Å². The second-order valence-corrected chi connectivity index (χ2v) is 6.25. The standard InChI is InChI=1S/C13H13Cl3N2O3/c1-6-4-18(5-8(6)12(19)20)13(21)17-11-9(15)2-7(14)3-10(11)16/h2-3,6,8H,4-5H2,1H3,(H,17,21)(H,19,20). The highest BCUT2D eigenvalue weighted by Crippen LogP contribution is 2.34. The van der Waals surface area contributed by atoms with Gasteiger partial charge in [-0.2, -0.15) is 0 Å². The van der Waals surface area contributed by atoms with E-state index >= 15 is 0 Å². The molecule has 114 valence electrons. The van der Waals surface area contributed by atoms with Crippen LogP contribution in [0.25, 0.3) is 0 Å². The van der Waals surface area contributed by atoms with E-state index in [1.165, 1.54) is 17.0 Å². The van der Waals surface area contributed by atoms with E-state index in [9.17, 15) is 9.59 Å². The maximum absolute atomic E-state index is 12.2. The number of anilines is 1. The molecule has 1 fully saturated rings. The van der Waals surface area contributed by atoms with Crippen molar-refractivity contribution in [1.82, 2.24) is 4.90 Å². The summed E-state index contributed by atoms with van der Waals surface area (Å²) in [6, 6.07) is 2.51. The highest BCUT2D eigenvalue weighted by atomic mass is 35.5. The lowest BCUT2D eigenvalue weighted by Gasteiger charge is -2.18. The number of hydrogen-bond acceptors (Lipinski definition) is 2. The van der Waals surface area contributed by atoms with Crippen LogP contribution in [-0.2, 0) is 4.79 Å². The minimum atomic E-state index is -0.902. The molecule has 1 heterocycles. The molecular formula is C13H13Cl3N2O3. The van der Waals surface area contributed by atoms with Crippen molar-refractivity contribution < 1.29 is 14.7 Å². The highest BCUT2D eigenvalue weighted by molar-refractivity contribution is 6.42. The number of carbonyl (C=O) groups excluding carboxylic acids is 1. The molecule has 21 heavy (non-hydrogen) atoms. The van der Waals surface area contributed by atoms with Gasteiger partial charge in [0.05, 0.1) is 21.7 Å². The zero-order chi connectivity index (χ0) is 15.7. The van der Waals surface area contributed by atoms with E-state index in [1.54, 1.807) is 6.92 Å². The summed E-state index contributed by atoms with van der Waals surface area (Å²) in [7, 11) is 0. The lowest BCUT2D eigenvalue weighted by molar-refractivity contribution is -0.142. The third kappa shape index (κ3) is 3.54. The zero-order valence-corrected chi connectivity index (χ0v) is 13.3. The summed E-state index contributed by atoms with van der Waals surface area (Å²) in [5.74, 6) is -1.57. The van der Waals surface area contributed by atoms with Gasteiger partial charge in [-0.15, -0.1) is 0 Å². The van der Waals surface area contributed by atoms with Gasteiger partial charge in [0.2, 0.25) is 0 Å². The maximum atomic E-state index is 12.2. The van der Waals surface area contributed by atoms with Gasteiger partial charge in [0, 0.05) is 18.1 Å². The normalized spacial score (nSPS) is 21.4. The van der Waals surface area contributed by atoms with Crippen LogP contribution < -0.4 is 5.32 Å². The SMILES string of the molecule is CC1CN(C(=O)Nc2c(Cl)cc(Cl)cc2Cl)CC1C(=O)O. The average molecular weight is 352 g/mol. The molecule has 1 aromatic carbocycles. The molecule has 1 saturated heterocycles. The van der Waals surface area contributed by atoms with Gasteiger partial charge in [-0.1, -0.05) is 41.7 Å². The number of carboxylic acids is 1. The van der Waals surface area contributed by atoms with Crippen molar-refractivity contribution in [3.63, 3.8) is 0 Å². The molecule has 0 spiro atoms. The Balaban J connectivity index is 2.11. The Morgan fingerprint density at radius 1 is 1.24 bits per heavy atom. The van der Waals surface area contributed by atoms with Crippen LogP contribution >= 0.6 is 34.8 Å². The Morgan fingerprint density at radius 3 is 2.29 bits per heavy atom. The van der Waals surface area contributed by atoms with Gasteiger partial charge in [-0.3, -0.25) is 4.79 Å². The van der Waals surface area contributed by atoms with Gasteiger partial charge in [-0.25, -0.2) is 4.79 Å². The highest BCUT2D eigenvalue weighted by Gasteiger charge is 2.37. The van der Waals surface area contributed by atoms with Crippen LogP contribution in [0.3, 0.4) is 0 Å². The molecule has 8 heteroatoms. The van der Waals surface area contributed by atoms with E-state index in [1.807, 2.05) is 0 Å². The van der Waals surface area contributed by atoms with Gasteiger partial charge >= 0.3 is 12.0 Å². The first-order valence-electron chi connectivity index (χ1n) is 6.23. The molecule has 5 nitrogen and oxygen atoms in total. The third-order valence-electron chi connectivity index (χ3n) is 3.46. The van der Waals surface area contributed by atoms with Gasteiger partial charge in [0.1, 0.15) is 0 Å². The number of halogens is 3. The first kappa shape index (κ1) is 16.2. The lowest BCUT2D eigenvalue weighted by atomic mass is 9.99. The number of nitrogens with one attached hydrogen (secondary N) is 1. The Morgan fingerprint density at radius 2 is 1.81 bits per heavy atom. The number of amides is 2. The molecular weight excluding hydrogens is 339 g/mol. The van der Waals surface area contributed by atoms with Gasteiger partial charge in [0.25, 0.3) is 0 Å². The van der Waals surface area contributed by atoms with Crippen molar-refractivity contribution in [3.05, 3.63) is 27.2 Å². The molecule has 0 aromatic heterocycles. The predicted octanol–water partition coefficient (Wildman–Crippen LogP) is 3.83. The van der Waals surface area contributed by atoms with Crippen LogP contribution in [0.4, 0.5) is 10.5 Å². The first-order chi connectivity index (χ1) is 9.79. The molecule has 1 aromatic rings. The lowest BCUT2D eigenvalue weighted by Crippen LogP contribution is -2.34. The Labute approximate surface area is 136 Å². The molecule has 2 rings (SSSR count). The van der Waals surface area contributed by atoms with Gasteiger partial charge in [0.15, 0.2) is 0 Å². The topological polar surface area (TPSA) is 69.6 Å². The van der Waals surface area contributed by atoms with E-state index in [0.29, 0.717) is 11.6 Å². The summed E-state index contributed by atoms with van der Waals surface area (Å²) in [4.78, 5) is 24.7. The summed E-state index contributed by atoms with van der Waals surface area (Å²) >= 11 is 17.8. The predicted molar refractivity (Wildman–Crippen MR) is 82.4 cm³/mol. The van der Waals surface area contributed by atoms with Crippen molar-refractivity contribution in [2.24, 2.45) is 11.8 Å². The molecule has 1 aliphatic heterocycles. The van der Waals surface area contributed by atoms with E-state index < -0.39 is 17.9 Å². The second kappa shape index (κ2) is 6.30. The maximum Gasteiger partial charge on any atom is 0.321 e. The molecule has 2 atom stereocenters. The van der Waals surface area contributed by atoms with Crippen molar-refractivity contribution in [2.75, 3.05) is 18.4 Å². The van der Waals surface area contributed by atoms with Crippen LogP contribution in [0.1, 0.15) is 6.92 Å². The average Bonchev–Trinajstić information content (AvgIpc) is 2.75.